The first kappa shape index (κ1) is 25.9. The van der Waals surface area contributed by atoms with Gasteiger partial charge in [0.25, 0.3) is 0 Å². The monoisotopic (exact) mass is 532 g/mol. The highest BCUT2D eigenvalue weighted by atomic mass is 127. The quantitative estimate of drug-likeness (QED) is 0.181. The van der Waals surface area contributed by atoms with Gasteiger partial charge < -0.3 is 19.7 Å². The van der Waals surface area contributed by atoms with Crippen LogP contribution in [-0.2, 0) is 19.5 Å². The standard InChI is InChI=1S/C18H36N4O4S.HI/c1-19-18(20-9-14-27(23,24)21-15-16-5-3-6-16)22-10-7-17(8-11-22)26-13-4-12-25-2;/h16-17,21H,3-15H2,1-2H3,(H,19,20);1H. The predicted molar refractivity (Wildman–Crippen MR) is 123 cm³/mol. The largest absolute Gasteiger partial charge is 0.385 e. The van der Waals surface area contributed by atoms with E-state index in [1.54, 1.807) is 14.2 Å². The maximum atomic E-state index is 12.1. The summed E-state index contributed by atoms with van der Waals surface area (Å²) < 4.78 is 37.8. The van der Waals surface area contributed by atoms with E-state index in [0.29, 0.717) is 19.0 Å². The van der Waals surface area contributed by atoms with Crippen LogP contribution in [0.3, 0.4) is 0 Å². The highest BCUT2D eigenvalue weighted by Gasteiger charge is 2.23. The summed E-state index contributed by atoms with van der Waals surface area (Å²) >= 11 is 0. The third kappa shape index (κ3) is 9.55. The maximum Gasteiger partial charge on any atom is 0.213 e. The molecule has 0 aromatic carbocycles. The van der Waals surface area contributed by atoms with Crippen molar-refractivity contribution in [2.45, 2.75) is 44.6 Å². The van der Waals surface area contributed by atoms with Crippen LogP contribution in [0.1, 0.15) is 38.5 Å². The molecule has 0 unspecified atom stereocenters. The number of nitrogens with zero attached hydrogens (tertiary/aromatic N) is 2. The molecule has 2 fully saturated rings. The van der Waals surface area contributed by atoms with E-state index < -0.39 is 10.0 Å². The molecule has 1 saturated carbocycles. The Kier molecular flexibility index (Phi) is 12.9. The molecule has 0 radical (unpaired) electrons. The van der Waals surface area contributed by atoms with Crippen LogP contribution in [0.2, 0.25) is 0 Å². The number of piperidine rings is 1. The molecule has 0 atom stereocenters. The molecule has 0 bridgehead atoms. The second kappa shape index (κ2) is 13.9. The first-order chi connectivity index (χ1) is 13.0. The van der Waals surface area contributed by atoms with Gasteiger partial charge in [0.05, 0.1) is 11.9 Å². The van der Waals surface area contributed by atoms with Crippen molar-refractivity contribution in [2.75, 3.05) is 59.3 Å². The molecular weight excluding hydrogens is 495 g/mol. The topological polar surface area (TPSA) is 92.3 Å². The van der Waals surface area contributed by atoms with Gasteiger partial charge in [0.15, 0.2) is 5.96 Å². The zero-order chi connectivity index (χ0) is 19.5. The predicted octanol–water partition coefficient (Wildman–Crippen LogP) is 1.42. The fourth-order valence-corrected chi connectivity index (χ4v) is 4.34. The number of hydrogen-bond donors (Lipinski definition) is 2. The fraction of sp³-hybridized carbons (Fsp3) is 0.944. The molecule has 1 saturated heterocycles. The zero-order valence-corrected chi connectivity index (χ0v) is 20.3. The number of nitrogens with one attached hydrogen (secondary N) is 2. The lowest BCUT2D eigenvalue weighted by Gasteiger charge is -2.34. The molecule has 2 N–H and O–H groups in total. The molecule has 28 heavy (non-hydrogen) atoms. The lowest BCUT2D eigenvalue weighted by Crippen LogP contribution is -2.48. The van der Waals surface area contributed by atoms with Crippen LogP contribution < -0.4 is 10.0 Å². The Bertz CT molecular complexity index is 550. The normalized spacial score (nSPS) is 19.2. The molecule has 1 heterocycles. The van der Waals surface area contributed by atoms with Gasteiger partial charge in [-0.2, -0.15) is 0 Å². The van der Waals surface area contributed by atoms with Crippen molar-refractivity contribution in [3.05, 3.63) is 0 Å². The Morgan fingerprint density at radius 1 is 1.18 bits per heavy atom. The van der Waals surface area contributed by atoms with Crippen LogP contribution in [0.5, 0.6) is 0 Å². The highest BCUT2D eigenvalue weighted by Crippen LogP contribution is 2.25. The molecule has 8 nitrogen and oxygen atoms in total. The highest BCUT2D eigenvalue weighted by molar-refractivity contribution is 14.0. The summed E-state index contributed by atoms with van der Waals surface area (Å²) in [5.74, 6) is 1.36. The van der Waals surface area contributed by atoms with Gasteiger partial charge in [0.1, 0.15) is 0 Å². The van der Waals surface area contributed by atoms with Gasteiger partial charge in [-0.05, 0) is 38.0 Å². The van der Waals surface area contributed by atoms with Crippen molar-refractivity contribution in [2.24, 2.45) is 10.9 Å². The number of hydrogen-bond acceptors (Lipinski definition) is 5. The Hall–Kier alpha value is -0.170. The first-order valence-electron chi connectivity index (χ1n) is 10.1. The van der Waals surface area contributed by atoms with Crippen LogP contribution in [-0.4, -0.2) is 84.7 Å². The zero-order valence-electron chi connectivity index (χ0n) is 17.2. The minimum absolute atomic E-state index is 0. The molecule has 166 valence electrons. The van der Waals surface area contributed by atoms with Gasteiger partial charge in [-0.3, -0.25) is 4.99 Å². The van der Waals surface area contributed by atoms with E-state index in [1.807, 2.05) is 0 Å². The number of halogens is 1. The van der Waals surface area contributed by atoms with Crippen LogP contribution in [0, 0.1) is 5.92 Å². The summed E-state index contributed by atoms with van der Waals surface area (Å²) in [6, 6.07) is 0. The number of methoxy groups -OCH3 is 1. The van der Waals surface area contributed by atoms with Crippen LogP contribution in [0.4, 0.5) is 0 Å². The number of likely N-dealkylation sites (tertiary alicyclic amines) is 1. The number of ether oxygens (including phenoxy) is 2. The summed E-state index contributed by atoms with van der Waals surface area (Å²) in [5.41, 5.74) is 0. The van der Waals surface area contributed by atoms with Gasteiger partial charge >= 0.3 is 0 Å². The fourth-order valence-electron chi connectivity index (χ4n) is 3.33. The number of sulfonamides is 1. The summed E-state index contributed by atoms with van der Waals surface area (Å²) in [6.07, 6.45) is 6.61. The number of rotatable bonds is 11. The second-order valence-corrected chi connectivity index (χ2v) is 9.27. The van der Waals surface area contributed by atoms with E-state index in [2.05, 4.69) is 19.9 Å². The molecule has 0 aromatic heterocycles. The van der Waals surface area contributed by atoms with E-state index in [-0.39, 0.29) is 35.8 Å². The SMILES string of the molecule is CN=C(NCCS(=O)(=O)NCC1CCC1)N1CCC(OCCCOC)CC1.I. The Balaban J connectivity index is 0.00000392. The van der Waals surface area contributed by atoms with Crippen molar-refractivity contribution in [1.29, 1.82) is 0 Å². The van der Waals surface area contributed by atoms with Crippen molar-refractivity contribution < 1.29 is 17.9 Å². The molecule has 0 aromatic rings. The molecule has 2 rings (SSSR count). The molecule has 10 heteroatoms. The van der Waals surface area contributed by atoms with Crippen molar-refractivity contribution in [1.82, 2.24) is 14.9 Å². The molecule has 0 amide bonds. The van der Waals surface area contributed by atoms with Crippen molar-refractivity contribution >= 4 is 40.0 Å². The molecular formula is C18H37IN4O4S. The molecule has 1 aliphatic heterocycles. The van der Waals surface area contributed by atoms with E-state index in [0.717, 1.165) is 64.4 Å². The van der Waals surface area contributed by atoms with Crippen molar-refractivity contribution in [3.63, 3.8) is 0 Å². The smallest absolute Gasteiger partial charge is 0.213 e. The Morgan fingerprint density at radius 3 is 2.46 bits per heavy atom. The van der Waals surface area contributed by atoms with Crippen LogP contribution in [0.15, 0.2) is 4.99 Å². The second-order valence-electron chi connectivity index (χ2n) is 7.34. The van der Waals surface area contributed by atoms with Crippen molar-refractivity contribution in [3.8, 4) is 0 Å². The van der Waals surface area contributed by atoms with E-state index >= 15 is 0 Å². The van der Waals surface area contributed by atoms with Crippen LogP contribution in [0.25, 0.3) is 0 Å². The van der Waals surface area contributed by atoms with Gasteiger partial charge in [-0.25, -0.2) is 13.1 Å². The van der Waals surface area contributed by atoms with Gasteiger partial charge in [-0.1, -0.05) is 6.42 Å². The molecule has 1 aliphatic carbocycles. The van der Waals surface area contributed by atoms with Gasteiger partial charge in [-0.15, -0.1) is 24.0 Å². The molecule has 0 spiro atoms. The van der Waals surface area contributed by atoms with E-state index in [9.17, 15) is 8.42 Å². The van der Waals surface area contributed by atoms with Crippen LogP contribution >= 0.6 is 24.0 Å². The third-order valence-corrected chi connectivity index (χ3v) is 6.62. The summed E-state index contributed by atoms with van der Waals surface area (Å²) in [7, 11) is 0.209. The lowest BCUT2D eigenvalue weighted by molar-refractivity contribution is 0.00993. The summed E-state index contributed by atoms with van der Waals surface area (Å²) in [5, 5.41) is 3.19. The summed E-state index contributed by atoms with van der Waals surface area (Å²) in [4.78, 5) is 6.47. The average Bonchev–Trinajstić information content (AvgIpc) is 2.62. The maximum absolute atomic E-state index is 12.1. The van der Waals surface area contributed by atoms with Gasteiger partial charge in [0.2, 0.25) is 10.0 Å². The van der Waals surface area contributed by atoms with E-state index in [1.165, 1.54) is 6.42 Å². The minimum atomic E-state index is -3.23. The Labute approximate surface area is 187 Å². The first-order valence-corrected chi connectivity index (χ1v) is 11.7. The number of aliphatic imine (C=N–C) groups is 1. The average molecular weight is 532 g/mol. The lowest BCUT2D eigenvalue weighted by atomic mass is 9.86. The minimum Gasteiger partial charge on any atom is -0.385 e. The third-order valence-electron chi connectivity index (χ3n) is 5.27. The number of guanidine groups is 1. The van der Waals surface area contributed by atoms with E-state index in [4.69, 9.17) is 9.47 Å². The van der Waals surface area contributed by atoms with Gasteiger partial charge in [0, 0.05) is 53.6 Å². The Morgan fingerprint density at radius 2 is 1.89 bits per heavy atom. The molecule has 2 aliphatic rings. The summed E-state index contributed by atoms with van der Waals surface area (Å²) in [6.45, 7) is 4.13.